The number of rotatable bonds is 6. The second-order valence-corrected chi connectivity index (χ2v) is 9.31. The fourth-order valence-electron chi connectivity index (χ4n) is 3.35. The van der Waals surface area contributed by atoms with Crippen LogP contribution in [-0.2, 0) is 10.0 Å². The van der Waals surface area contributed by atoms with Crippen molar-refractivity contribution in [1.29, 1.82) is 0 Å². The van der Waals surface area contributed by atoms with Gasteiger partial charge in [0.05, 0.1) is 16.9 Å². The van der Waals surface area contributed by atoms with Crippen LogP contribution in [0.15, 0.2) is 72.3 Å². The van der Waals surface area contributed by atoms with Gasteiger partial charge in [-0.05, 0) is 48.5 Å². The highest BCUT2D eigenvalue weighted by molar-refractivity contribution is 7.92. The van der Waals surface area contributed by atoms with Crippen LogP contribution in [0, 0.1) is 11.6 Å². The molecule has 0 unspecified atom stereocenters. The van der Waals surface area contributed by atoms with Gasteiger partial charge in [-0.25, -0.2) is 37.1 Å². The van der Waals surface area contributed by atoms with Gasteiger partial charge in [-0.15, -0.1) is 0 Å². The number of nitrogens with one attached hydrogen (secondary N) is 3. The van der Waals surface area contributed by atoms with Gasteiger partial charge in [0.1, 0.15) is 34.9 Å². The zero-order valence-corrected chi connectivity index (χ0v) is 19.1. The molecule has 0 aliphatic carbocycles. The zero-order chi connectivity index (χ0) is 24.6. The molecule has 0 saturated heterocycles. The lowest BCUT2D eigenvalue weighted by molar-refractivity contribution is 0.588. The number of halogens is 3. The average Bonchev–Trinajstić information content (AvgIpc) is 3.33. The summed E-state index contributed by atoms with van der Waals surface area (Å²) in [6.45, 7) is 0. The van der Waals surface area contributed by atoms with E-state index >= 15 is 4.39 Å². The van der Waals surface area contributed by atoms with Crippen LogP contribution in [0.5, 0.6) is 0 Å². The Hall–Kier alpha value is -4.16. The van der Waals surface area contributed by atoms with Gasteiger partial charge in [0.15, 0.2) is 11.5 Å². The van der Waals surface area contributed by atoms with Gasteiger partial charge in [0.25, 0.3) is 10.0 Å². The number of sulfonamides is 1. The van der Waals surface area contributed by atoms with Crippen LogP contribution in [-0.4, -0.2) is 33.3 Å². The molecule has 176 valence electrons. The van der Waals surface area contributed by atoms with E-state index in [-0.39, 0.29) is 10.7 Å². The lowest BCUT2D eigenvalue weighted by Crippen LogP contribution is -2.15. The Morgan fingerprint density at radius 1 is 0.943 bits per heavy atom. The minimum absolute atomic E-state index is 0.0811. The van der Waals surface area contributed by atoms with Gasteiger partial charge in [0.2, 0.25) is 0 Å². The molecule has 0 aliphatic rings. The number of nitrogens with zero attached hydrogens (tertiary/aromatic N) is 4. The highest BCUT2D eigenvalue weighted by Gasteiger charge is 2.22. The van der Waals surface area contributed by atoms with Crippen LogP contribution in [0.4, 0.5) is 26.0 Å². The first-order valence-electron chi connectivity index (χ1n) is 9.96. The molecule has 3 heterocycles. The number of hydrogen-bond acceptors (Lipinski definition) is 7. The van der Waals surface area contributed by atoms with Crippen molar-refractivity contribution >= 4 is 50.0 Å². The molecule has 5 aromatic rings. The van der Waals surface area contributed by atoms with E-state index in [1.165, 1.54) is 43.1 Å². The molecule has 0 spiro atoms. The molecule has 0 saturated carbocycles. The van der Waals surface area contributed by atoms with E-state index in [0.29, 0.717) is 27.4 Å². The number of aromatic amines is 1. The maximum absolute atomic E-state index is 15.3. The molecule has 9 nitrogen and oxygen atoms in total. The van der Waals surface area contributed by atoms with Crippen molar-refractivity contribution in [2.75, 3.05) is 10.0 Å². The molecule has 35 heavy (non-hydrogen) atoms. The third-order valence-corrected chi connectivity index (χ3v) is 6.62. The van der Waals surface area contributed by atoms with Crippen molar-refractivity contribution in [2.24, 2.45) is 0 Å². The summed E-state index contributed by atoms with van der Waals surface area (Å²) < 4.78 is 57.5. The molecule has 3 aromatic heterocycles. The van der Waals surface area contributed by atoms with E-state index < -0.39 is 33.0 Å². The summed E-state index contributed by atoms with van der Waals surface area (Å²) in [6, 6.07) is 10.5. The third kappa shape index (κ3) is 4.36. The number of pyridine rings is 1. The van der Waals surface area contributed by atoms with Crippen molar-refractivity contribution < 1.29 is 17.2 Å². The maximum atomic E-state index is 15.3. The summed E-state index contributed by atoms with van der Waals surface area (Å²) in [7, 11) is -4.17. The lowest BCUT2D eigenvalue weighted by atomic mass is 10.1. The normalized spacial score (nSPS) is 11.5. The minimum atomic E-state index is -4.17. The first kappa shape index (κ1) is 22.6. The third-order valence-electron chi connectivity index (χ3n) is 4.99. The van der Waals surface area contributed by atoms with Crippen molar-refractivity contribution in [1.82, 2.24) is 24.9 Å². The summed E-state index contributed by atoms with van der Waals surface area (Å²) in [5.74, 6) is -2.03. The van der Waals surface area contributed by atoms with Crippen molar-refractivity contribution in [2.45, 2.75) is 4.90 Å². The highest BCUT2D eigenvalue weighted by Crippen LogP contribution is 2.34. The fourth-order valence-corrected chi connectivity index (χ4v) is 4.53. The molecule has 13 heteroatoms. The first-order chi connectivity index (χ1) is 16.8. The van der Waals surface area contributed by atoms with E-state index in [1.54, 1.807) is 12.1 Å². The molecule has 0 radical (unpaired) electrons. The SMILES string of the molecule is O=S(=O)(Nc1ccc(F)c(Nc2ncccc2-c2ncnc3nc[nH]c23)c1F)c1ccc(Cl)cc1. The van der Waals surface area contributed by atoms with Crippen molar-refractivity contribution in [3.05, 3.63) is 84.0 Å². The molecule has 0 fully saturated rings. The molecule has 2 aromatic carbocycles. The van der Waals surface area contributed by atoms with Crippen LogP contribution >= 0.6 is 11.6 Å². The summed E-state index contributed by atoms with van der Waals surface area (Å²) in [5.41, 5.74) is 0.670. The minimum Gasteiger partial charge on any atom is -0.341 e. The van der Waals surface area contributed by atoms with E-state index in [9.17, 15) is 12.8 Å². The molecule has 0 bridgehead atoms. The second-order valence-electron chi connectivity index (χ2n) is 7.19. The van der Waals surface area contributed by atoms with Crippen LogP contribution in [0.25, 0.3) is 22.4 Å². The van der Waals surface area contributed by atoms with Gasteiger partial charge >= 0.3 is 0 Å². The Kier molecular flexibility index (Phi) is 5.75. The van der Waals surface area contributed by atoms with Gasteiger partial charge in [-0.1, -0.05) is 11.6 Å². The number of imidazole rings is 1. The Labute approximate surface area is 202 Å². The fraction of sp³-hybridized carbons (Fsp3) is 0. The summed E-state index contributed by atoms with van der Waals surface area (Å²) in [5, 5.41) is 2.97. The number of H-pyrrole nitrogens is 1. The van der Waals surface area contributed by atoms with Gasteiger partial charge in [-0.2, -0.15) is 0 Å². The maximum Gasteiger partial charge on any atom is 0.261 e. The first-order valence-corrected chi connectivity index (χ1v) is 11.8. The topological polar surface area (TPSA) is 126 Å². The molecule has 0 amide bonds. The molecule has 3 N–H and O–H groups in total. The van der Waals surface area contributed by atoms with Crippen LogP contribution < -0.4 is 10.0 Å². The number of aromatic nitrogens is 5. The van der Waals surface area contributed by atoms with E-state index in [1.807, 2.05) is 0 Å². The second kappa shape index (κ2) is 8.89. The smallest absolute Gasteiger partial charge is 0.261 e. The molecule has 5 rings (SSSR count). The molecule has 0 aliphatic heterocycles. The average molecular weight is 514 g/mol. The Bertz CT molecular complexity index is 1660. The van der Waals surface area contributed by atoms with Crippen molar-refractivity contribution in [3.63, 3.8) is 0 Å². The van der Waals surface area contributed by atoms with Gasteiger partial charge in [0, 0.05) is 16.8 Å². The number of fused-ring (bicyclic) bond motifs is 1. The van der Waals surface area contributed by atoms with Crippen LogP contribution in [0.2, 0.25) is 5.02 Å². The predicted octanol–water partition coefficient (Wildman–Crippen LogP) is 4.89. The van der Waals surface area contributed by atoms with Gasteiger partial charge in [-0.3, -0.25) is 4.72 Å². The van der Waals surface area contributed by atoms with E-state index in [0.717, 1.165) is 12.1 Å². The molecule has 0 atom stereocenters. The van der Waals surface area contributed by atoms with E-state index in [2.05, 4.69) is 35.0 Å². The predicted molar refractivity (Wildman–Crippen MR) is 127 cm³/mol. The van der Waals surface area contributed by atoms with Crippen LogP contribution in [0.1, 0.15) is 0 Å². The largest absolute Gasteiger partial charge is 0.341 e. The monoisotopic (exact) mass is 513 g/mol. The van der Waals surface area contributed by atoms with Gasteiger partial charge < -0.3 is 10.3 Å². The Morgan fingerprint density at radius 2 is 1.74 bits per heavy atom. The standard InChI is InChI=1S/C22H14ClF2N7O2S/c23-12-3-5-13(6-4-12)35(33,34)32-16-8-7-15(24)19(17(16)25)31-21-14(2-1-9-26-21)18-20-22(29-10-27-18)30-11-28-20/h1-11,32H,(H,26,31)(H,27,28,29,30). The Balaban J connectivity index is 1.53. The molecular formula is C22H14ClF2N7O2S. The molecular weight excluding hydrogens is 500 g/mol. The number of hydrogen-bond donors (Lipinski definition) is 3. The summed E-state index contributed by atoms with van der Waals surface area (Å²) in [6.07, 6.45) is 4.19. The summed E-state index contributed by atoms with van der Waals surface area (Å²) in [4.78, 5) is 19.4. The lowest BCUT2D eigenvalue weighted by Gasteiger charge is -2.15. The van der Waals surface area contributed by atoms with Crippen LogP contribution in [0.3, 0.4) is 0 Å². The Morgan fingerprint density at radius 3 is 2.54 bits per heavy atom. The van der Waals surface area contributed by atoms with E-state index in [4.69, 9.17) is 11.6 Å². The number of anilines is 3. The number of benzene rings is 2. The quantitative estimate of drug-likeness (QED) is 0.295. The summed E-state index contributed by atoms with van der Waals surface area (Å²) >= 11 is 5.80. The highest BCUT2D eigenvalue weighted by atomic mass is 35.5. The van der Waals surface area contributed by atoms with Crippen molar-refractivity contribution in [3.8, 4) is 11.3 Å². The zero-order valence-electron chi connectivity index (χ0n) is 17.5.